The van der Waals surface area contributed by atoms with Crippen molar-refractivity contribution >= 4 is 27.5 Å². The molecule has 3 aromatic carbocycles. The smallest absolute Gasteiger partial charge is 0.264 e. The quantitative estimate of drug-likeness (QED) is 0.129. The zero-order valence-corrected chi connectivity index (χ0v) is 34.7. The predicted molar refractivity (Wildman–Crippen MR) is 230 cm³/mol. The summed E-state index contributed by atoms with van der Waals surface area (Å²) in [5.74, 6) is 1.28. The molecule has 1 atom stereocenters. The highest BCUT2D eigenvalue weighted by atomic mass is 32.2. The molecule has 4 heterocycles. The van der Waals surface area contributed by atoms with Crippen LogP contribution in [0.5, 0.6) is 11.5 Å². The van der Waals surface area contributed by atoms with E-state index in [4.69, 9.17) is 34.0 Å². The largest absolute Gasteiger partial charge is 0.493 e. The molecule has 15 nitrogen and oxygen atoms in total. The molecule has 0 unspecified atom stereocenters. The normalized spacial score (nSPS) is 15.5. The molecule has 0 radical (unpaired) electrons. The van der Waals surface area contributed by atoms with Crippen LogP contribution in [0.3, 0.4) is 0 Å². The first kappa shape index (κ1) is 45.5. The number of anilines is 2. The summed E-state index contributed by atoms with van der Waals surface area (Å²) in [6.07, 6.45) is 6.99. The van der Waals surface area contributed by atoms with E-state index in [0.29, 0.717) is 67.5 Å². The molecule has 320 valence electrons. The van der Waals surface area contributed by atoms with E-state index in [2.05, 4.69) is 10.3 Å². The molecule has 6 N–H and O–H groups in total. The Morgan fingerprint density at radius 1 is 0.900 bits per heavy atom. The summed E-state index contributed by atoms with van der Waals surface area (Å²) in [6.45, 7) is 7.50. The number of carbonyl (C=O) groups excluding carboxylic acids is 1. The molecule has 0 saturated carbocycles. The van der Waals surface area contributed by atoms with Crippen molar-refractivity contribution in [1.82, 2.24) is 9.55 Å². The number of pyridine rings is 2. The Bertz CT molecular complexity index is 2380. The second-order valence-electron chi connectivity index (χ2n) is 14.3. The van der Waals surface area contributed by atoms with Crippen molar-refractivity contribution in [3.8, 4) is 44.9 Å². The van der Waals surface area contributed by atoms with Crippen molar-refractivity contribution in [2.45, 2.75) is 39.3 Å². The van der Waals surface area contributed by atoms with Gasteiger partial charge in [0.1, 0.15) is 24.1 Å². The van der Waals surface area contributed by atoms with E-state index in [-0.39, 0.29) is 28.3 Å². The molecule has 0 aliphatic carbocycles. The number of hydrogen-bond acceptors (Lipinski definition) is 11. The molecule has 2 aliphatic rings. The number of nitrogen functional groups attached to an aromatic ring is 1. The Labute approximate surface area is 349 Å². The van der Waals surface area contributed by atoms with Crippen LogP contribution in [0.2, 0.25) is 0 Å². The van der Waals surface area contributed by atoms with Gasteiger partial charge in [0.15, 0.2) is 11.5 Å². The lowest BCUT2D eigenvalue weighted by Crippen LogP contribution is -2.33. The second kappa shape index (κ2) is 21.1. The highest BCUT2D eigenvalue weighted by Gasteiger charge is 2.21. The molecule has 2 saturated heterocycles. The van der Waals surface area contributed by atoms with Gasteiger partial charge in [-0.05, 0) is 79.6 Å². The highest BCUT2D eigenvalue weighted by Crippen LogP contribution is 2.35. The van der Waals surface area contributed by atoms with Crippen LogP contribution in [0.25, 0.3) is 33.4 Å². The minimum Gasteiger partial charge on any atom is -0.493 e. The highest BCUT2D eigenvalue weighted by molar-refractivity contribution is 7.85. The van der Waals surface area contributed by atoms with Gasteiger partial charge < -0.3 is 44.8 Å². The van der Waals surface area contributed by atoms with Gasteiger partial charge >= 0.3 is 0 Å². The molecule has 60 heavy (non-hydrogen) atoms. The fourth-order valence-corrected chi connectivity index (χ4v) is 6.64. The van der Waals surface area contributed by atoms with Crippen LogP contribution in [-0.2, 0) is 30.9 Å². The molecule has 2 aliphatic heterocycles. The second-order valence-corrected chi connectivity index (χ2v) is 16.1. The predicted octanol–water partition coefficient (Wildman–Crippen LogP) is 5.69. The average Bonchev–Trinajstić information content (AvgIpc) is 3.25. The summed E-state index contributed by atoms with van der Waals surface area (Å²) in [4.78, 5) is 32.0. The molecule has 0 bridgehead atoms. The summed E-state index contributed by atoms with van der Waals surface area (Å²) >= 11 is 0. The fraction of sp³-hybridized carbons (Fsp3) is 0.341. The van der Waals surface area contributed by atoms with Crippen molar-refractivity contribution in [3.63, 3.8) is 0 Å². The lowest BCUT2D eigenvalue weighted by molar-refractivity contribution is -0.101. The molecule has 0 spiro atoms. The van der Waals surface area contributed by atoms with Gasteiger partial charge in [0.25, 0.3) is 16.0 Å². The summed E-state index contributed by atoms with van der Waals surface area (Å²) in [6, 6.07) is 22.8. The molecular formula is C44H52N4O11S. The number of ether oxygens (including phenoxy) is 5. The number of carbonyl (C=O) groups is 1. The van der Waals surface area contributed by atoms with Crippen LogP contribution >= 0.6 is 0 Å². The van der Waals surface area contributed by atoms with Crippen LogP contribution in [0, 0.1) is 12.8 Å². The average molecular weight is 845 g/mol. The van der Waals surface area contributed by atoms with E-state index < -0.39 is 16.0 Å². The fourth-order valence-electron chi connectivity index (χ4n) is 6.64. The third-order valence-electron chi connectivity index (χ3n) is 10.0. The zero-order valence-electron chi connectivity index (χ0n) is 33.9. The van der Waals surface area contributed by atoms with Gasteiger partial charge in [-0.3, -0.25) is 14.1 Å². The molecule has 16 heteroatoms. The van der Waals surface area contributed by atoms with Gasteiger partial charge in [-0.15, -0.1) is 0 Å². The van der Waals surface area contributed by atoms with Crippen LogP contribution in [0.4, 0.5) is 11.5 Å². The lowest BCUT2D eigenvalue weighted by Gasteiger charge is -2.23. The minimum absolute atomic E-state index is 0. The SMILES string of the molecule is CCS(=O)(=O)O.COc1cc(-c2cnc(N)c(-c3ccc(NC(=O)c4cn(CC5CCOCC5)cc(-c5ccc(C)cc5)c4=O)cc3)c2)ccc1OC[C@H]1COCCO1.O. The number of nitrogens with one attached hydrogen (secondary N) is 1. The number of nitrogens with two attached hydrogens (primary N) is 1. The maximum absolute atomic E-state index is 13.8. The molecule has 1 amide bonds. The van der Waals surface area contributed by atoms with Gasteiger partial charge in [-0.2, -0.15) is 8.42 Å². The van der Waals surface area contributed by atoms with E-state index in [0.717, 1.165) is 59.4 Å². The Kier molecular flexibility index (Phi) is 16.0. The summed E-state index contributed by atoms with van der Waals surface area (Å²) in [7, 11) is -2.06. The standard InChI is InChI=1S/C42H44N4O7.C2H6O3S.H2O/c1-27-3-5-30(6-4-27)36-23-46(22-28-13-15-50-16-14-28)24-37(40(36)47)42(48)45-33-10-7-29(8-11-33)35-19-32(21-44-41(35)43)31-9-12-38(39(20-31)49-2)53-26-34-25-51-17-18-52-34;1-2-6(3,4)5;/h3-12,19-21,23-24,28,34H,13-18,22,25-26H2,1-2H3,(H2,43,44)(H,45,48);2H2,1H3,(H,3,4,5);1H2/t34-;;/m1../s1. The Morgan fingerprint density at radius 3 is 2.22 bits per heavy atom. The van der Waals surface area contributed by atoms with E-state index >= 15 is 0 Å². The first-order chi connectivity index (χ1) is 28.4. The first-order valence-electron chi connectivity index (χ1n) is 19.4. The van der Waals surface area contributed by atoms with Crippen LogP contribution in [0.1, 0.15) is 35.7 Å². The Balaban J connectivity index is 0.000000909. The lowest BCUT2D eigenvalue weighted by atomic mass is 9.99. The van der Waals surface area contributed by atoms with Crippen LogP contribution < -0.4 is 26.0 Å². The topological polar surface area (TPSA) is 222 Å². The summed E-state index contributed by atoms with van der Waals surface area (Å²) in [5.41, 5.74) is 12.3. The van der Waals surface area contributed by atoms with Crippen molar-refractivity contribution in [2.75, 3.05) is 63.6 Å². The summed E-state index contributed by atoms with van der Waals surface area (Å²) in [5, 5.41) is 2.94. The number of nitrogens with zero attached hydrogens (tertiary/aromatic N) is 2. The van der Waals surface area contributed by atoms with Gasteiger partial charge in [0.2, 0.25) is 5.43 Å². The van der Waals surface area contributed by atoms with Gasteiger partial charge in [-0.1, -0.05) is 48.0 Å². The van der Waals surface area contributed by atoms with E-state index in [1.165, 1.54) is 6.92 Å². The maximum Gasteiger partial charge on any atom is 0.264 e. The van der Waals surface area contributed by atoms with E-state index in [1.54, 1.807) is 31.6 Å². The molecule has 2 aromatic heterocycles. The Hall–Kier alpha value is -5.62. The number of methoxy groups -OCH3 is 1. The van der Waals surface area contributed by atoms with Gasteiger partial charge in [0.05, 0.1) is 32.7 Å². The van der Waals surface area contributed by atoms with E-state index in [9.17, 15) is 18.0 Å². The van der Waals surface area contributed by atoms with Crippen LogP contribution in [-0.4, -0.2) is 92.5 Å². The maximum atomic E-state index is 13.8. The van der Waals surface area contributed by atoms with E-state index in [1.807, 2.05) is 78.4 Å². The van der Waals surface area contributed by atoms with Crippen molar-refractivity contribution in [2.24, 2.45) is 5.92 Å². The van der Waals surface area contributed by atoms with Crippen molar-refractivity contribution < 1.29 is 46.9 Å². The van der Waals surface area contributed by atoms with Gasteiger partial charge in [0, 0.05) is 60.7 Å². The minimum atomic E-state index is -3.66. The number of rotatable bonds is 12. The Morgan fingerprint density at radius 2 is 1.57 bits per heavy atom. The monoisotopic (exact) mass is 844 g/mol. The van der Waals surface area contributed by atoms with Crippen molar-refractivity contribution in [3.05, 3.63) is 113 Å². The number of benzene rings is 3. The van der Waals surface area contributed by atoms with Crippen LogP contribution in [0.15, 0.2) is 96.2 Å². The number of aromatic nitrogens is 2. The first-order valence-corrected chi connectivity index (χ1v) is 21.0. The molecule has 5 aromatic rings. The molecule has 2 fully saturated rings. The third-order valence-corrected chi connectivity index (χ3v) is 10.8. The third kappa shape index (κ3) is 12.2. The van der Waals surface area contributed by atoms with Gasteiger partial charge in [-0.25, -0.2) is 4.98 Å². The zero-order chi connectivity index (χ0) is 41.9. The van der Waals surface area contributed by atoms with Crippen molar-refractivity contribution in [1.29, 1.82) is 0 Å². The molecular weight excluding hydrogens is 793 g/mol. The number of hydrogen-bond donors (Lipinski definition) is 3. The number of amides is 1. The molecule has 7 rings (SSSR count). The summed E-state index contributed by atoms with van der Waals surface area (Å²) < 4.78 is 57.2. The number of aryl methyl sites for hydroxylation is 1.